The highest BCUT2D eigenvalue weighted by Gasteiger charge is 2.66. The fourth-order valence-electron chi connectivity index (χ4n) is 17.3. The second kappa shape index (κ2) is 43.2. The van der Waals surface area contributed by atoms with E-state index in [2.05, 4.69) is 196 Å². The number of benzene rings is 6. The van der Waals surface area contributed by atoms with Crippen molar-refractivity contribution in [2.45, 2.75) is 122 Å². The third-order valence-electron chi connectivity index (χ3n) is 23.2. The molecule has 740 valence electrons. The molecule has 10 atom stereocenters. The van der Waals surface area contributed by atoms with E-state index >= 15 is 0 Å². The number of hydrogen-bond donors (Lipinski definition) is 6. The summed E-state index contributed by atoms with van der Waals surface area (Å²) in [6, 6.07) is 67.8. The monoisotopic (exact) mass is 2100 g/mol. The predicted molar refractivity (Wildman–Crippen MR) is 533 cm³/mol. The van der Waals surface area contributed by atoms with Crippen LogP contribution in [-0.2, 0) is 82.8 Å². The molecular formula is C94H110O30S12-2. The van der Waals surface area contributed by atoms with Crippen molar-refractivity contribution in [3.8, 4) is 65.5 Å². The molecule has 18 rings (SSSR count). The van der Waals surface area contributed by atoms with E-state index in [1.54, 1.807) is 0 Å². The highest BCUT2D eigenvalue weighted by atomic mass is 32.3. The van der Waals surface area contributed by atoms with Crippen LogP contribution in [0.15, 0.2) is 194 Å². The zero-order valence-electron chi connectivity index (χ0n) is 76.0. The van der Waals surface area contributed by atoms with Crippen LogP contribution < -0.4 is 37.9 Å². The van der Waals surface area contributed by atoms with Gasteiger partial charge in [0.25, 0.3) is 40.5 Å². The summed E-state index contributed by atoms with van der Waals surface area (Å²) in [7, 11) is -26.2. The first-order valence-electron chi connectivity index (χ1n) is 43.3. The fourth-order valence-corrected chi connectivity index (χ4v) is 29.7. The van der Waals surface area contributed by atoms with E-state index < -0.39 is 80.1 Å². The van der Waals surface area contributed by atoms with Crippen LogP contribution >= 0.6 is 68.9 Å². The topological polar surface area (TPSA) is 449 Å². The Kier molecular flexibility index (Phi) is 33.5. The van der Waals surface area contributed by atoms with Crippen LogP contribution in [0, 0.1) is 6.92 Å². The number of thiophene rings is 4. The van der Waals surface area contributed by atoms with Crippen LogP contribution in [0.25, 0.3) is 29.3 Å². The first-order valence-corrected chi connectivity index (χ1v) is 60.1. The number of aryl methyl sites for hydroxylation is 1. The van der Waals surface area contributed by atoms with Gasteiger partial charge < -0.3 is 75.1 Å². The normalized spacial score (nSPS) is 20.7. The van der Waals surface area contributed by atoms with Gasteiger partial charge in [0.15, 0.2) is 50.1 Å². The van der Waals surface area contributed by atoms with E-state index in [0.717, 1.165) is 90.8 Å². The molecule has 2 saturated heterocycles. The van der Waals surface area contributed by atoms with Crippen molar-refractivity contribution in [1.82, 2.24) is 0 Å². The minimum absolute atomic E-state index is 0.0440. The van der Waals surface area contributed by atoms with E-state index in [4.69, 9.17) is 75.1 Å². The van der Waals surface area contributed by atoms with Gasteiger partial charge in [-0.05, 0) is 141 Å². The molecule has 42 heteroatoms. The zero-order chi connectivity index (χ0) is 98.2. The zero-order valence-corrected chi connectivity index (χ0v) is 85.8. The first kappa shape index (κ1) is 105. The van der Waals surface area contributed by atoms with Crippen molar-refractivity contribution >= 4 is 138 Å². The van der Waals surface area contributed by atoms with E-state index in [1.165, 1.54) is 74.3 Å². The van der Waals surface area contributed by atoms with Gasteiger partial charge in [0.05, 0.1) is 82.2 Å². The fraction of sp³-hybridized carbons (Fsp3) is 0.404. The van der Waals surface area contributed by atoms with Crippen LogP contribution in [0.1, 0.15) is 148 Å². The SMILES string of the molecule is CCC(CC(CC(CC(CC(CC(C)c1ccccc1)c1ccccc1)c1ccccc1)c1ccccc1)c1ccccc1)c1ccccc1.CS(=O)(=O)O.CS(=O)(=O)O.CS(=O)(=O)O.CS(=O)(=O)O.Cc1sc(C2=C3OCCOC3[C@](c3sc(-c4sc(-c5sc(C6=C7OCCOC7[C@](C)(S(C)(=O)([O-])O)S6)c6c5OCCO6)c5c4OCCO5)c4c3OCCO4)(S(C)(=O)([O-])O)S2)c2c1OCCO2. The van der Waals surface area contributed by atoms with Crippen molar-refractivity contribution in [2.24, 2.45) is 0 Å². The van der Waals surface area contributed by atoms with E-state index in [1.807, 2.05) is 6.92 Å². The van der Waals surface area contributed by atoms with E-state index in [-0.39, 0.29) is 94.0 Å². The van der Waals surface area contributed by atoms with Crippen LogP contribution in [0.2, 0.25) is 0 Å². The quantitative estimate of drug-likeness (QED) is 0.0306. The van der Waals surface area contributed by atoms with Crippen molar-refractivity contribution in [3.63, 3.8) is 0 Å². The average molecular weight is 2100 g/mol. The number of fused-ring (bicyclic) bond motifs is 6. The van der Waals surface area contributed by atoms with Gasteiger partial charge in [-0.3, -0.25) is 26.6 Å². The molecule has 136 heavy (non-hydrogen) atoms. The Morgan fingerprint density at radius 1 is 0.360 bits per heavy atom. The highest BCUT2D eigenvalue weighted by molar-refractivity contribution is 8.27. The molecule has 8 unspecified atom stereocenters. The highest BCUT2D eigenvalue weighted by Crippen LogP contribution is 2.74. The van der Waals surface area contributed by atoms with Crippen molar-refractivity contribution in [3.05, 3.63) is 246 Å². The lowest BCUT2D eigenvalue weighted by atomic mass is 9.72. The molecule has 0 saturated carbocycles. The largest absolute Gasteiger partial charge is 0.769 e. The third kappa shape index (κ3) is 25.8. The molecule has 0 aliphatic carbocycles. The Morgan fingerprint density at radius 3 is 0.985 bits per heavy atom. The molecule has 0 radical (unpaired) electrons. The molecule has 8 aliphatic rings. The standard InChI is InChI=1S/C50H54.C40H42O18S8.4CH4O3S/c1-3-40(42-24-12-5-13-25-42)35-48(44-28-16-7-17-29-44)37-50(46-32-20-9-21-33-46)38-49(45-30-18-8-19-31-45)36-47(43-26-14-6-15-27-43)34-39(2)41-22-10-4-11-23-41;1-17-18-19(48-6-5-47-18)32(59-17)35-27-37(58-16-14-56-27)40(64-35,66(4,44,45)46)38-25-24(53-11-12-54-25)31(62-38)30-21-20(49-7-8-50-21)28(60-30)29-22-23(52-10-9-51-22)33(61-29)34-26-36(57-15-13-55-26)39(2,63-34)65(3,41,42)43;4*1-5(2,3)4/h4-33,39-40,47-50H,3,34-38H2,1-2H3;36-37H,5-16H2,1-4H3,(H2,41,42,43)(H2,44,45,46);4*1H3,(H,2,3,4)/p-2/t;36?,37?,39-,40+;;;;/m.0..../s1. The molecule has 10 aromatic rings. The molecule has 30 nitrogen and oxygen atoms in total. The summed E-state index contributed by atoms with van der Waals surface area (Å²) < 4.78 is 254. The average Bonchev–Trinajstić information content (AvgIpc) is 1.51. The maximum Gasteiger partial charge on any atom is 0.261 e. The molecular weight excluding hydrogens is 1990 g/mol. The van der Waals surface area contributed by atoms with Gasteiger partial charge in [-0.25, -0.2) is 0 Å². The van der Waals surface area contributed by atoms with E-state index in [0.29, 0.717) is 147 Å². The minimum atomic E-state index is -6.03. The molecule has 6 N–H and O–H groups in total. The summed E-state index contributed by atoms with van der Waals surface area (Å²) >= 11 is 6.82. The lowest BCUT2D eigenvalue weighted by Crippen LogP contribution is -2.57. The smallest absolute Gasteiger partial charge is 0.261 e. The van der Waals surface area contributed by atoms with Gasteiger partial charge in [0.2, 0.25) is 0 Å². The van der Waals surface area contributed by atoms with Crippen molar-refractivity contribution in [2.75, 3.05) is 117 Å². The van der Waals surface area contributed by atoms with Gasteiger partial charge in [-0.2, -0.15) is 33.7 Å². The molecule has 0 spiro atoms. The summed E-state index contributed by atoms with van der Waals surface area (Å²) in [5.41, 5.74) is 8.76. The molecule has 6 aromatic carbocycles. The Labute approximate surface area is 817 Å². The third-order valence-corrected chi connectivity index (χ3v) is 37.9. The van der Waals surface area contributed by atoms with Crippen molar-refractivity contribution < 1.29 is 135 Å². The summed E-state index contributed by atoms with van der Waals surface area (Å²) in [4.78, 5) is 5.05. The molecule has 4 aromatic heterocycles. The molecule has 0 bridgehead atoms. The maximum absolute atomic E-state index is 14.9. The number of sulfone groups is 2. The Hall–Kier alpha value is -8.00. The predicted octanol–water partition coefficient (Wildman–Crippen LogP) is 19.1. The first-order chi connectivity index (χ1) is 64.0. The number of thioether (sulfide) groups is 2. The Bertz CT molecular complexity index is 6360. The van der Waals surface area contributed by atoms with Gasteiger partial charge >= 0.3 is 0 Å². The molecule has 8 aliphatic heterocycles. The summed E-state index contributed by atoms with van der Waals surface area (Å²) in [6.07, 6.45) is 8.87. The minimum Gasteiger partial charge on any atom is -0.769 e. The summed E-state index contributed by atoms with van der Waals surface area (Å²) in [6.45, 7) is 10.3. The second-order valence-electron chi connectivity index (χ2n) is 33.9. The lowest BCUT2D eigenvalue weighted by molar-refractivity contribution is -0.0471. The second-order valence-corrected chi connectivity index (χ2v) is 53.6. The molecule has 12 heterocycles. The van der Waals surface area contributed by atoms with E-state index in [9.17, 15) is 60.3 Å². The lowest BCUT2D eigenvalue weighted by Gasteiger charge is -2.55. The van der Waals surface area contributed by atoms with Gasteiger partial charge in [0.1, 0.15) is 93.9 Å². The summed E-state index contributed by atoms with van der Waals surface area (Å²) in [5.74, 6) is 6.21. The van der Waals surface area contributed by atoms with Crippen LogP contribution in [-0.4, -0.2) is 212 Å². The van der Waals surface area contributed by atoms with Crippen molar-refractivity contribution in [1.29, 1.82) is 0 Å². The number of ether oxygens (including phenoxy) is 12. The summed E-state index contributed by atoms with van der Waals surface area (Å²) in [5, 5.41) is 0. The number of hydrogen-bond acceptors (Lipinski definition) is 30. The molecule has 0 amide bonds. The maximum atomic E-state index is 14.9. The van der Waals surface area contributed by atoms with Gasteiger partial charge in [0, 0.05) is 17.4 Å². The van der Waals surface area contributed by atoms with Gasteiger partial charge in [-0.1, -0.05) is 219 Å². The molecule has 2 fully saturated rings. The Morgan fingerprint density at radius 2 is 0.625 bits per heavy atom. The van der Waals surface area contributed by atoms with Crippen LogP contribution in [0.5, 0.6) is 46.0 Å². The Balaban J connectivity index is 0.000000197. The van der Waals surface area contributed by atoms with Crippen LogP contribution in [0.3, 0.4) is 0 Å². The van der Waals surface area contributed by atoms with Gasteiger partial charge in [-0.15, -0.1) is 45.3 Å². The number of rotatable bonds is 24. The van der Waals surface area contributed by atoms with Crippen LogP contribution in [0.4, 0.5) is 0 Å².